The number of nitrogens with zero attached hydrogens (tertiary/aromatic N) is 1. The summed E-state index contributed by atoms with van der Waals surface area (Å²) in [4.78, 5) is 2.67. The van der Waals surface area contributed by atoms with E-state index in [-0.39, 0.29) is 0 Å². The van der Waals surface area contributed by atoms with Crippen LogP contribution < -0.4 is 0 Å². The molecule has 1 nitrogen and oxygen atoms in total. The van der Waals surface area contributed by atoms with Gasteiger partial charge in [-0.15, -0.1) is 0 Å². The second kappa shape index (κ2) is 6.65. The minimum absolute atomic E-state index is 0.527. The van der Waals surface area contributed by atoms with E-state index >= 15 is 0 Å². The van der Waals surface area contributed by atoms with Crippen molar-refractivity contribution in [2.75, 3.05) is 19.3 Å². The van der Waals surface area contributed by atoms with Crippen LogP contribution in [0.3, 0.4) is 0 Å². The molecule has 2 aliphatic carbocycles. The van der Waals surface area contributed by atoms with Crippen molar-refractivity contribution < 1.29 is 0 Å². The first-order chi connectivity index (χ1) is 8.65. The lowest BCUT2D eigenvalue weighted by Gasteiger charge is -2.43. The maximum absolute atomic E-state index is 4.68. The highest BCUT2D eigenvalue weighted by molar-refractivity contribution is 7.80. The fraction of sp³-hybridized carbons (Fsp3) is 1.00. The molecule has 0 aliphatic heterocycles. The van der Waals surface area contributed by atoms with Gasteiger partial charge in [-0.05, 0) is 62.7 Å². The Bertz CT molecular complexity index is 239. The summed E-state index contributed by atoms with van der Waals surface area (Å²) in [7, 11) is 2.36. The van der Waals surface area contributed by atoms with Gasteiger partial charge >= 0.3 is 0 Å². The predicted molar refractivity (Wildman–Crippen MR) is 83.4 cm³/mol. The van der Waals surface area contributed by atoms with Crippen LogP contribution in [-0.4, -0.2) is 30.3 Å². The quantitative estimate of drug-likeness (QED) is 0.741. The smallest absolute Gasteiger partial charge is 0.00926 e. The van der Waals surface area contributed by atoms with Gasteiger partial charge in [-0.2, -0.15) is 12.6 Å². The van der Waals surface area contributed by atoms with Crippen LogP contribution in [0.15, 0.2) is 0 Å². The molecule has 2 heteroatoms. The molecular weight excluding hydrogens is 238 g/mol. The van der Waals surface area contributed by atoms with E-state index in [1.54, 1.807) is 0 Å². The molecule has 18 heavy (non-hydrogen) atoms. The Labute approximate surface area is 119 Å². The van der Waals surface area contributed by atoms with Crippen LogP contribution in [0.4, 0.5) is 0 Å². The molecular formula is C16H31NS. The van der Waals surface area contributed by atoms with Gasteiger partial charge in [0.2, 0.25) is 0 Å². The number of hydrogen-bond acceptors (Lipinski definition) is 2. The second-order valence-corrected chi connectivity index (χ2v) is 7.36. The van der Waals surface area contributed by atoms with E-state index in [0.717, 1.165) is 17.7 Å². The molecule has 0 aromatic heterocycles. The zero-order chi connectivity index (χ0) is 13.0. The van der Waals surface area contributed by atoms with Crippen LogP contribution in [0.1, 0.15) is 64.7 Å². The molecule has 2 rings (SSSR count). The van der Waals surface area contributed by atoms with E-state index in [1.807, 2.05) is 0 Å². The summed E-state index contributed by atoms with van der Waals surface area (Å²) in [6.45, 7) is 3.70. The Hall–Kier alpha value is 0.310. The van der Waals surface area contributed by atoms with E-state index < -0.39 is 0 Å². The number of rotatable bonds is 4. The van der Waals surface area contributed by atoms with Crippen molar-refractivity contribution in [3.8, 4) is 0 Å². The van der Waals surface area contributed by atoms with E-state index in [0.29, 0.717) is 5.41 Å². The molecule has 0 bridgehead atoms. The molecule has 0 spiro atoms. The van der Waals surface area contributed by atoms with Crippen molar-refractivity contribution in [1.82, 2.24) is 4.90 Å². The number of thiol groups is 1. The van der Waals surface area contributed by atoms with Gasteiger partial charge in [-0.1, -0.05) is 26.2 Å². The standard InChI is InChI=1S/C16H31NS/c1-14-6-8-15(9-7-14)17(2)12-16(13-18)10-4-3-5-11-16/h14-15,18H,3-13H2,1-2H3. The molecule has 106 valence electrons. The molecule has 2 fully saturated rings. The van der Waals surface area contributed by atoms with Crippen LogP contribution in [0.5, 0.6) is 0 Å². The number of hydrogen-bond donors (Lipinski definition) is 1. The van der Waals surface area contributed by atoms with Gasteiger partial charge in [-0.3, -0.25) is 0 Å². The molecule has 0 atom stereocenters. The topological polar surface area (TPSA) is 3.24 Å². The zero-order valence-electron chi connectivity index (χ0n) is 12.3. The van der Waals surface area contributed by atoms with Crippen molar-refractivity contribution in [3.63, 3.8) is 0 Å². The normalized spacial score (nSPS) is 32.7. The van der Waals surface area contributed by atoms with Gasteiger partial charge in [0.25, 0.3) is 0 Å². The molecule has 0 saturated heterocycles. The van der Waals surface area contributed by atoms with Crippen molar-refractivity contribution in [2.24, 2.45) is 11.3 Å². The van der Waals surface area contributed by atoms with Crippen molar-refractivity contribution >= 4 is 12.6 Å². The summed E-state index contributed by atoms with van der Waals surface area (Å²) >= 11 is 4.68. The lowest BCUT2D eigenvalue weighted by Crippen LogP contribution is -2.44. The lowest BCUT2D eigenvalue weighted by atomic mass is 9.74. The fourth-order valence-electron chi connectivity index (χ4n) is 4.01. The van der Waals surface area contributed by atoms with Crippen molar-refractivity contribution in [2.45, 2.75) is 70.8 Å². The molecule has 0 unspecified atom stereocenters. The zero-order valence-corrected chi connectivity index (χ0v) is 13.2. The maximum Gasteiger partial charge on any atom is 0.00926 e. The Kier molecular flexibility index (Phi) is 5.44. The van der Waals surface area contributed by atoms with Gasteiger partial charge in [0.05, 0.1) is 0 Å². The van der Waals surface area contributed by atoms with Gasteiger partial charge in [0, 0.05) is 12.6 Å². The third kappa shape index (κ3) is 3.66. The molecule has 2 saturated carbocycles. The van der Waals surface area contributed by atoms with Gasteiger partial charge < -0.3 is 4.90 Å². The fourth-order valence-corrected chi connectivity index (χ4v) is 4.43. The summed E-state index contributed by atoms with van der Waals surface area (Å²) in [5.41, 5.74) is 0.527. The van der Waals surface area contributed by atoms with Crippen LogP contribution in [0.25, 0.3) is 0 Å². The summed E-state index contributed by atoms with van der Waals surface area (Å²) in [6.07, 6.45) is 12.8. The highest BCUT2D eigenvalue weighted by atomic mass is 32.1. The van der Waals surface area contributed by atoms with E-state index in [9.17, 15) is 0 Å². The predicted octanol–water partition coefficient (Wildman–Crippen LogP) is 4.38. The lowest BCUT2D eigenvalue weighted by molar-refractivity contribution is 0.0906. The average Bonchev–Trinajstić information content (AvgIpc) is 2.40. The largest absolute Gasteiger partial charge is 0.303 e. The molecule has 0 amide bonds. The minimum Gasteiger partial charge on any atom is -0.303 e. The van der Waals surface area contributed by atoms with Gasteiger partial charge in [-0.25, -0.2) is 0 Å². The Morgan fingerprint density at radius 1 is 1.06 bits per heavy atom. The van der Waals surface area contributed by atoms with E-state index in [1.165, 1.54) is 64.3 Å². The third-order valence-electron chi connectivity index (χ3n) is 5.44. The monoisotopic (exact) mass is 269 g/mol. The molecule has 2 aliphatic rings. The Morgan fingerprint density at radius 3 is 2.22 bits per heavy atom. The first kappa shape index (κ1) is 14.7. The molecule has 0 N–H and O–H groups in total. The summed E-state index contributed by atoms with van der Waals surface area (Å²) in [5, 5.41) is 0. The second-order valence-electron chi connectivity index (χ2n) is 7.05. The summed E-state index contributed by atoms with van der Waals surface area (Å²) in [5.74, 6) is 2.05. The molecule has 0 radical (unpaired) electrons. The molecule has 0 aromatic carbocycles. The molecule has 0 heterocycles. The van der Waals surface area contributed by atoms with Gasteiger partial charge in [0.15, 0.2) is 0 Å². The summed E-state index contributed by atoms with van der Waals surface area (Å²) < 4.78 is 0. The molecule has 0 aromatic rings. The third-order valence-corrected chi connectivity index (χ3v) is 6.11. The van der Waals surface area contributed by atoms with E-state index in [2.05, 4.69) is 31.5 Å². The summed E-state index contributed by atoms with van der Waals surface area (Å²) in [6, 6.07) is 0.847. The minimum atomic E-state index is 0.527. The van der Waals surface area contributed by atoms with E-state index in [4.69, 9.17) is 0 Å². The highest BCUT2D eigenvalue weighted by Crippen LogP contribution is 2.39. The maximum atomic E-state index is 4.68. The SMILES string of the molecule is CC1CCC(N(C)CC2(CS)CCCCC2)CC1. The van der Waals surface area contributed by atoms with Crippen molar-refractivity contribution in [1.29, 1.82) is 0 Å². The Morgan fingerprint density at radius 2 is 1.67 bits per heavy atom. The van der Waals surface area contributed by atoms with Crippen LogP contribution in [0, 0.1) is 11.3 Å². The van der Waals surface area contributed by atoms with Crippen molar-refractivity contribution in [3.05, 3.63) is 0 Å². The van der Waals surface area contributed by atoms with Crippen LogP contribution in [-0.2, 0) is 0 Å². The van der Waals surface area contributed by atoms with Crippen LogP contribution >= 0.6 is 12.6 Å². The Balaban J connectivity index is 1.86. The highest BCUT2D eigenvalue weighted by Gasteiger charge is 2.34. The average molecular weight is 269 g/mol. The first-order valence-corrected chi connectivity index (χ1v) is 8.59. The van der Waals surface area contributed by atoms with Gasteiger partial charge in [0.1, 0.15) is 0 Å². The van der Waals surface area contributed by atoms with Crippen LogP contribution in [0.2, 0.25) is 0 Å². The first-order valence-electron chi connectivity index (χ1n) is 7.96.